The Balaban J connectivity index is 1.15. The Morgan fingerprint density at radius 3 is 1.62 bits per heavy atom. The maximum Gasteiger partial charge on any atom is 0.101 e. The number of nitriles is 3. The Bertz CT molecular complexity index is 2890. The maximum atomic E-state index is 10.2. The lowest BCUT2D eigenvalue weighted by Crippen LogP contribution is -2.00. The Morgan fingerprint density at radius 2 is 0.960 bits per heavy atom. The molecule has 0 fully saturated rings. The number of hydrogen-bond donors (Lipinski definition) is 0. The van der Waals surface area contributed by atoms with Crippen LogP contribution in [0.25, 0.3) is 77.2 Å². The van der Waals surface area contributed by atoms with Crippen LogP contribution in [0.5, 0.6) is 0 Å². The number of para-hydroxylation sites is 3. The van der Waals surface area contributed by atoms with Gasteiger partial charge in [-0.1, -0.05) is 91.0 Å². The molecule has 0 aliphatic rings. The summed E-state index contributed by atoms with van der Waals surface area (Å²) in [6.07, 6.45) is 0. The first-order valence-electron chi connectivity index (χ1n) is 16.3. The van der Waals surface area contributed by atoms with Crippen LogP contribution in [0, 0.1) is 34.0 Å². The standard InChI is InChI=1S/C45H25N5/c46-26-29-13-23-43-40(24-29)39-9-5-6-34(28-48)45(39)50(43)44-25-30(27-47)12-22-36(44)33-16-14-31(15-17-33)32-18-20-35(21-19-32)49-41-10-3-1-7-37(41)38-8-2-4-11-42(38)49/h1-25H. The maximum absolute atomic E-state index is 10.2. The quantitative estimate of drug-likeness (QED) is 0.193. The molecule has 2 aromatic heterocycles. The van der Waals surface area contributed by atoms with E-state index in [-0.39, 0.29) is 0 Å². The SMILES string of the molecule is N#Cc1ccc(-c2ccc(-c3ccc(-n4c5ccccc5c5ccccc54)cc3)cc2)c(-n2c3ccc(C#N)cc3c3cccc(C#N)c32)c1. The average Bonchev–Trinajstić information content (AvgIpc) is 3.70. The van der Waals surface area contributed by atoms with Crippen molar-refractivity contribution in [2.24, 2.45) is 0 Å². The second kappa shape index (κ2) is 11.4. The lowest BCUT2D eigenvalue weighted by atomic mass is 9.97. The molecule has 9 rings (SSSR count). The van der Waals surface area contributed by atoms with Crippen LogP contribution in [0.2, 0.25) is 0 Å². The molecule has 0 aliphatic carbocycles. The second-order valence-electron chi connectivity index (χ2n) is 12.3. The summed E-state index contributed by atoms with van der Waals surface area (Å²) in [5.74, 6) is 0. The van der Waals surface area contributed by atoms with Gasteiger partial charge in [0.05, 0.1) is 56.6 Å². The third-order valence-corrected chi connectivity index (χ3v) is 9.64. The van der Waals surface area contributed by atoms with E-state index in [2.05, 4.69) is 124 Å². The summed E-state index contributed by atoms with van der Waals surface area (Å²) >= 11 is 0. The van der Waals surface area contributed by atoms with Gasteiger partial charge in [0.1, 0.15) is 6.07 Å². The molecule has 0 amide bonds. The van der Waals surface area contributed by atoms with E-state index in [1.807, 2.05) is 42.5 Å². The van der Waals surface area contributed by atoms with Crippen LogP contribution in [-0.2, 0) is 0 Å². The van der Waals surface area contributed by atoms with Crippen LogP contribution in [-0.4, -0.2) is 9.13 Å². The Hall–Kier alpha value is -7.39. The third-order valence-electron chi connectivity index (χ3n) is 9.64. The van der Waals surface area contributed by atoms with Gasteiger partial charge in [0, 0.05) is 32.8 Å². The molecule has 50 heavy (non-hydrogen) atoms. The molecule has 5 nitrogen and oxygen atoms in total. The van der Waals surface area contributed by atoms with Crippen LogP contribution < -0.4 is 0 Å². The van der Waals surface area contributed by atoms with Crippen LogP contribution in [0.1, 0.15) is 16.7 Å². The van der Waals surface area contributed by atoms with Crippen molar-refractivity contribution in [3.63, 3.8) is 0 Å². The van der Waals surface area contributed by atoms with Crippen molar-refractivity contribution in [3.8, 4) is 51.8 Å². The molecule has 230 valence electrons. The lowest BCUT2D eigenvalue weighted by Gasteiger charge is -2.16. The van der Waals surface area contributed by atoms with Crippen molar-refractivity contribution in [1.82, 2.24) is 9.13 Å². The fourth-order valence-electron chi connectivity index (χ4n) is 7.36. The molecule has 0 aliphatic heterocycles. The first-order chi connectivity index (χ1) is 24.7. The molecule has 0 spiro atoms. The van der Waals surface area contributed by atoms with Gasteiger partial charge < -0.3 is 9.13 Å². The van der Waals surface area contributed by atoms with Gasteiger partial charge in [-0.15, -0.1) is 0 Å². The smallest absolute Gasteiger partial charge is 0.101 e. The molecule has 0 saturated carbocycles. The summed E-state index contributed by atoms with van der Waals surface area (Å²) in [5.41, 5.74) is 11.5. The van der Waals surface area contributed by atoms with Crippen molar-refractivity contribution in [3.05, 3.63) is 168 Å². The monoisotopic (exact) mass is 635 g/mol. The van der Waals surface area contributed by atoms with E-state index in [4.69, 9.17) is 0 Å². The van der Waals surface area contributed by atoms with E-state index in [1.54, 1.807) is 12.1 Å². The third kappa shape index (κ3) is 4.38. The molecule has 5 heteroatoms. The second-order valence-corrected chi connectivity index (χ2v) is 12.3. The van der Waals surface area contributed by atoms with E-state index < -0.39 is 0 Å². The highest BCUT2D eigenvalue weighted by molar-refractivity contribution is 6.12. The van der Waals surface area contributed by atoms with Crippen molar-refractivity contribution in [2.75, 3.05) is 0 Å². The van der Waals surface area contributed by atoms with Gasteiger partial charge in [-0.3, -0.25) is 0 Å². The molecular formula is C45H25N5. The van der Waals surface area contributed by atoms with E-state index in [1.165, 1.54) is 21.8 Å². The molecule has 0 saturated heterocycles. The number of nitrogens with zero attached hydrogens (tertiary/aromatic N) is 5. The number of aromatic nitrogens is 2. The normalized spacial score (nSPS) is 11.1. The molecule has 7 aromatic carbocycles. The van der Waals surface area contributed by atoms with Crippen molar-refractivity contribution >= 4 is 43.6 Å². The van der Waals surface area contributed by atoms with E-state index in [0.717, 1.165) is 55.4 Å². The Morgan fingerprint density at radius 1 is 0.400 bits per heavy atom. The number of benzene rings is 7. The van der Waals surface area contributed by atoms with Crippen molar-refractivity contribution < 1.29 is 0 Å². The molecule has 0 N–H and O–H groups in total. The van der Waals surface area contributed by atoms with Gasteiger partial charge in [-0.2, -0.15) is 15.8 Å². The zero-order chi connectivity index (χ0) is 33.8. The molecule has 0 radical (unpaired) electrons. The fourth-order valence-corrected chi connectivity index (χ4v) is 7.36. The van der Waals surface area contributed by atoms with Gasteiger partial charge >= 0.3 is 0 Å². The van der Waals surface area contributed by atoms with Crippen LogP contribution in [0.3, 0.4) is 0 Å². The van der Waals surface area contributed by atoms with E-state index in [0.29, 0.717) is 16.7 Å². The highest BCUT2D eigenvalue weighted by Gasteiger charge is 2.19. The summed E-state index contributed by atoms with van der Waals surface area (Å²) in [6, 6.07) is 58.0. The van der Waals surface area contributed by atoms with Crippen molar-refractivity contribution in [1.29, 1.82) is 15.8 Å². The average molecular weight is 636 g/mol. The van der Waals surface area contributed by atoms with E-state index >= 15 is 0 Å². The van der Waals surface area contributed by atoms with Gasteiger partial charge in [-0.05, 0) is 77.4 Å². The molecule has 2 heterocycles. The summed E-state index contributed by atoms with van der Waals surface area (Å²) in [5, 5.41) is 33.9. The zero-order valence-electron chi connectivity index (χ0n) is 26.7. The molecular weight excluding hydrogens is 611 g/mol. The van der Waals surface area contributed by atoms with Crippen LogP contribution in [0.15, 0.2) is 152 Å². The zero-order valence-corrected chi connectivity index (χ0v) is 26.7. The topological polar surface area (TPSA) is 81.2 Å². The first kappa shape index (κ1) is 28.8. The highest BCUT2D eigenvalue weighted by Crippen LogP contribution is 2.39. The number of rotatable bonds is 4. The Kier molecular flexibility index (Phi) is 6.56. The molecule has 0 atom stereocenters. The van der Waals surface area contributed by atoms with Crippen LogP contribution in [0.4, 0.5) is 0 Å². The summed E-state index contributed by atoms with van der Waals surface area (Å²) in [6.45, 7) is 0. The van der Waals surface area contributed by atoms with Crippen LogP contribution >= 0.6 is 0 Å². The predicted molar refractivity (Wildman–Crippen MR) is 200 cm³/mol. The van der Waals surface area contributed by atoms with Gasteiger partial charge in [0.15, 0.2) is 0 Å². The predicted octanol–water partition coefficient (Wildman–Crippen LogP) is 10.8. The van der Waals surface area contributed by atoms with Gasteiger partial charge in [0.2, 0.25) is 0 Å². The molecule has 9 aromatic rings. The highest BCUT2D eigenvalue weighted by atomic mass is 15.0. The largest absolute Gasteiger partial charge is 0.309 e. The van der Waals surface area contributed by atoms with Gasteiger partial charge in [0.25, 0.3) is 0 Å². The molecule has 0 unspecified atom stereocenters. The molecule has 0 bridgehead atoms. The summed E-state index contributed by atoms with van der Waals surface area (Å²) < 4.78 is 4.37. The lowest BCUT2D eigenvalue weighted by molar-refractivity contribution is 1.17. The van der Waals surface area contributed by atoms with E-state index in [9.17, 15) is 15.8 Å². The Labute approximate surface area is 287 Å². The summed E-state index contributed by atoms with van der Waals surface area (Å²) in [4.78, 5) is 0. The first-order valence-corrected chi connectivity index (χ1v) is 16.3. The van der Waals surface area contributed by atoms with Crippen molar-refractivity contribution in [2.45, 2.75) is 0 Å². The minimum Gasteiger partial charge on any atom is -0.309 e. The number of fused-ring (bicyclic) bond motifs is 6. The fraction of sp³-hybridized carbons (Fsp3) is 0. The number of hydrogen-bond acceptors (Lipinski definition) is 3. The van der Waals surface area contributed by atoms with Gasteiger partial charge in [-0.25, -0.2) is 0 Å². The summed E-state index contributed by atoms with van der Waals surface area (Å²) in [7, 11) is 0. The minimum absolute atomic E-state index is 0.516. The minimum atomic E-state index is 0.516.